The number of aromatic nitrogens is 2. The molecule has 1 N–H and O–H groups in total. The maximum atomic E-state index is 4.86. The fraction of sp³-hybridized carbons (Fsp3) is 0.412. The minimum Gasteiger partial charge on any atom is -0.373 e. The summed E-state index contributed by atoms with van der Waals surface area (Å²) >= 11 is 0. The van der Waals surface area contributed by atoms with E-state index in [0.29, 0.717) is 0 Å². The van der Waals surface area contributed by atoms with Crippen molar-refractivity contribution >= 4 is 5.82 Å². The maximum Gasteiger partial charge on any atom is 0.162 e. The second-order valence-corrected chi connectivity index (χ2v) is 5.45. The van der Waals surface area contributed by atoms with E-state index in [-0.39, 0.29) is 0 Å². The molecular weight excluding hydrogens is 246 g/mol. The van der Waals surface area contributed by atoms with Gasteiger partial charge in [-0.15, -0.1) is 0 Å². The second-order valence-electron chi connectivity index (χ2n) is 5.45. The molecule has 1 aromatic heterocycles. The van der Waals surface area contributed by atoms with E-state index in [2.05, 4.69) is 36.5 Å². The van der Waals surface area contributed by atoms with Gasteiger partial charge in [-0.3, -0.25) is 0 Å². The zero-order valence-corrected chi connectivity index (χ0v) is 12.2. The highest BCUT2D eigenvalue weighted by atomic mass is 15.0. The van der Waals surface area contributed by atoms with Gasteiger partial charge in [0, 0.05) is 23.9 Å². The van der Waals surface area contributed by atoms with Gasteiger partial charge in [0.25, 0.3) is 0 Å². The Morgan fingerprint density at radius 3 is 2.60 bits per heavy atom. The maximum absolute atomic E-state index is 4.86. The molecule has 1 aliphatic carbocycles. The molecule has 3 heteroatoms. The topological polar surface area (TPSA) is 37.8 Å². The zero-order chi connectivity index (χ0) is 13.9. The summed E-state index contributed by atoms with van der Waals surface area (Å²) in [6, 6.07) is 8.33. The van der Waals surface area contributed by atoms with E-state index in [1.54, 1.807) is 0 Å². The standard InChI is InChI=1S/C17H21N3/c1-12-8-6-7-9-13(12)17-19-15-11-5-3-4-10-14(15)16(18-2)20-17/h6-9H,3-5,10-11H2,1-2H3,(H,18,19,20). The quantitative estimate of drug-likeness (QED) is 0.842. The smallest absolute Gasteiger partial charge is 0.162 e. The number of benzene rings is 1. The van der Waals surface area contributed by atoms with Crippen LogP contribution in [0.25, 0.3) is 11.4 Å². The van der Waals surface area contributed by atoms with Gasteiger partial charge >= 0.3 is 0 Å². The first-order valence-corrected chi connectivity index (χ1v) is 7.43. The van der Waals surface area contributed by atoms with Crippen LogP contribution in [0.15, 0.2) is 24.3 Å². The Hall–Kier alpha value is -1.90. The highest BCUT2D eigenvalue weighted by Crippen LogP contribution is 2.28. The number of hydrogen-bond acceptors (Lipinski definition) is 3. The van der Waals surface area contributed by atoms with Gasteiger partial charge in [-0.1, -0.05) is 30.7 Å². The molecule has 1 aromatic carbocycles. The normalized spacial score (nSPS) is 14.5. The molecule has 20 heavy (non-hydrogen) atoms. The van der Waals surface area contributed by atoms with Crippen molar-refractivity contribution in [2.45, 2.75) is 39.0 Å². The van der Waals surface area contributed by atoms with E-state index in [1.165, 1.54) is 36.1 Å². The molecule has 1 heterocycles. The van der Waals surface area contributed by atoms with Crippen molar-refractivity contribution in [3.05, 3.63) is 41.1 Å². The number of nitrogens with one attached hydrogen (secondary N) is 1. The van der Waals surface area contributed by atoms with Gasteiger partial charge in [-0.25, -0.2) is 9.97 Å². The second kappa shape index (κ2) is 5.61. The van der Waals surface area contributed by atoms with Gasteiger partial charge in [0.2, 0.25) is 0 Å². The Balaban J connectivity index is 2.14. The van der Waals surface area contributed by atoms with E-state index in [9.17, 15) is 0 Å². The first-order valence-electron chi connectivity index (χ1n) is 7.43. The SMILES string of the molecule is CNc1nc(-c2ccccc2C)nc2c1CCCCC2. The van der Waals surface area contributed by atoms with Gasteiger partial charge in [0.05, 0.1) is 0 Å². The highest BCUT2D eigenvalue weighted by Gasteiger charge is 2.17. The Morgan fingerprint density at radius 1 is 1.00 bits per heavy atom. The van der Waals surface area contributed by atoms with Crippen molar-refractivity contribution < 1.29 is 0 Å². The van der Waals surface area contributed by atoms with Crippen LogP contribution in [0.1, 0.15) is 36.1 Å². The Labute approximate surface area is 120 Å². The summed E-state index contributed by atoms with van der Waals surface area (Å²) in [5, 5.41) is 3.26. The summed E-state index contributed by atoms with van der Waals surface area (Å²) in [5.41, 5.74) is 4.92. The van der Waals surface area contributed by atoms with Gasteiger partial charge < -0.3 is 5.32 Å². The first kappa shape index (κ1) is 13.1. The third-order valence-electron chi connectivity index (χ3n) is 4.06. The molecule has 0 unspecified atom stereocenters. The third kappa shape index (κ3) is 2.40. The summed E-state index contributed by atoms with van der Waals surface area (Å²) in [5.74, 6) is 1.86. The Bertz CT molecular complexity index is 620. The molecule has 0 spiro atoms. The molecule has 104 valence electrons. The van der Waals surface area contributed by atoms with Crippen molar-refractivity contribution in [1.29, 1.82) is 0 Å². The largest absolute Gasteiger partial charge is 0.373 e. The molecule has 2 aromatic rings. The number of aryl methyl sites for hydroxylation is 2. The van der Waals surface area contributed by atoms with Crippen LogP contribution in [0, 0.1) is 6.92 Å². The molecule has 0 radical (unpaired) electrons. The van der Waals surface area contributed by atoms with Gasteiger partial charge in [-0.2, -0.15) is 0 Å². The average molecular weight is 267 g/mol. The van der Waals surface area contributed by atoms with Crippen LogP contribution in [-0.2, 0) is 12.8 Å². The van der Waals surface area contributed by atoms with Crippen LogP contribution >= 0.6 is 0 Å². The molecule has 3 nitrogen and oxygen atoms in total. The van der Waals surface area contributed by atoms with Crippen molar-refractivity contribution in [2.75, 3.05) is 12.4 Å². The number of rotatable bonds is 2. The first-order chi connectivity index (χ1) is 9.79. The Morgan fingerprint density at radius 2 is 1.80 bits per heavy atom. The fourth-order valence-electron chi connectivity index (χ4n) is 2.92. The molecule has 0 bridgehead atoms. The predicted octanol–water partition coefficient (Wildman–Crippen LogP) is 3.76. The molecule has 0 amide bonds. The van der Waals surface area contributed by atoms with E-state index in [0.717, 1.165) is 30.0 Å². The van der Waals surface area contributed by atoms with Crippen molar-refractivity contribution in [1.82, 2.24) is 9.97 Å². The summed E-state index contributed by atoms with van der Waals surface area (Å²) in [7, 11) is 1.95. The lowest BCUT2D eigenvalue weighted by molar-refractivity contribution is 0.709. The summed E-state index contributed by atoms with van der Waals surface area (Å²) < 4.78 is 0. The summed E-state index contributed by atoms with van der Waals surface area (Å²) in [4.78, 5) is 9.62. The van der Waals surface area contributed by atoms with Gasteiger partial charge in [0.15, 0.2) is 5.82 Å². The predicted molar refractivity (Wildman–Crippen MR) is 83.0 cm³/mol. The minimum absolute atomic E-state index is 0.855. The van der Waals surface area contributed by atoms with Crippen molar-refractivity contribution in [3.8, 4) is 11.4 Å². The molecule has 0 fully saturated rings. The molecule has 3 rings (SSSR count). The molecule has 0 saturated carbocycles. The van der Waals surface area contributed by atoms with Crippen molar-refractivity contribution in [2.24, 2.45) is 0 Å². The lowest BCUT2D eigenvalue weighted by Gasteiger charge is -2.14. The zero-order valence-electron chi connectivity index (χ0n) is 12.2. The van der Waals surface area contributed by atoms with E-state index in [1.807, 2.05) is 7.05 Å². The van der Waals surface area contributed by atoms with Crippen molar-refractivity contribution in [3.63, 3.8) is 0 Å². The van der Waals surface area contributed by atoms with Gasteiger partial charge in [-0.05, 0) is 38.2 Å². The van der Waals surface area contributed by atoms with E-state index >= 15 is 0 Å². The average Bonchev–Trinajstić information content (AvgIpc) is 2.72. The monoisotopic (exact) mass is 267 g/mol. The number of fused-ring (bicyclic) bond motifs is 1. The molecular formula is C17H21N3. The molecule has 1 aliphatic rings. The van der Waals surface area contributed by atoms with E-state index < -0.39 is 0 Å². The lowest BCUT2D eigenvalue weighted by Crippen LogP contribution is -2.07. The molecule has 0 saturated heterocycles. The number of hydrogen-bond donors (Lipinski definition) is 1. The van der Waals surface area contributed by atoms with E-state index in [4.69, 9.17) is 9.97 Å². The Kier molecular flexibility index (Phi) is 3.68. The fourth-order valence-corrected chi connectivity index (χ4v) is 2.92. The van der Waals surface area contributed by atoms with Gasteiger partial charge in [0.1, 0.15) is 5.82 Å². The highest BCUT2D eigenvalue weighted by molar-refractivity contribution is 5.63. The van der Waals surface area contributed by atoms with Crippen LogP contribution in [0.3, 0.4) is 0 Å². The summed E-state index contributed by atoms with van der Waals surface area (Å²) in [6.07, 6.45) is 5.94. The summed E-state index contributed by atoms with van der Waals surface area (Å²) in [6.45, 7) is 2.11. The van der Waals surface area contributed by atoms with Crippen LogP contribution in [0.5, 0.6) is 0 Å². The van der Waals surface area contributed by atoms with Crippen LogP contribution in [0.4, 0.5) is 5.82 Å². The third-order valence-corrected chi connectivity index (χ3v) is 4.06. The molecule has 0 atom stereocenters. The van der Waals surface area contributed by atoms with Crippen LogP contribution in [-0.4, -0.2) is 17.0 Å². The lowest BCUT2D eigenvalue weighted by atomic mass is 10.1. The minimum atomic E-state index is 0.855. The molecule has 0 aliphatic heterocycles. The van der Waals surface area contributed by atoms with Crippen LogP contribution in [0.2, 0.25) is 0 Å². The number of nitrogens with zero attached hydrogens (tertiary/aromatic N) is 2. The number of anilines is 1. The van der Waals surface area contributed by atoms with Crippen LogP contribution < -0.4 is 5.32 Å².